The van der Waals surface area contributed by atoms with Gasteiger partial charge in [-0.1, -0.05) is 23.7 Å². The van der Waals surface area contributed by atoms with E-state index in [-0.39, 0.29) is 12.2 Å². The Morgan fingerprint density at radius 1 is 1.31 bits per heavy atom. The van der Waals surface area contributed by atoms with Crippen molar-refractivity contribution in [3.8, 4) is 11.8 Å². The third-order valence-electron chi connectivity index (χ3n) is 3.08. The van der Waals surface area contributed by atoms with Crippen molar-refractivity contribution in [3.63, 3.8) is 0 Å². The van der Waals surface area contributed by atoms with Crippen LogP contribution >= 0.6 is 27.5 Å². The van der Waals surface area contributed by atoms with Gasteiger partial charge < -0.3 is 15.8 Å². The lowest BCUT2D eigenvalue weighted by Gasteiger charge is -2.07. The van der Waals surface area contributed by atoms with Crippen LogP contribution in [0.25, 0.3) is 6.08 Å². The summed E-state index contributed by atoms with van der Waals surface area (Å²) in [6.07, 6.45) is 1.43. The minimum atomic E-state index is -0.592. The molecule has 26 heavy (non-hydrogen) atoms. The first-order valence-electron chi connectivity index (χ1n) is 7.28. The van der Waals surface area contributed by atoms with Gasteiger partial charge in [0.25, 0.3) is 11.8 Å². The number of amides is 2. The van der Waals surface area contributed by atoms with Crippen LogP contribution in [0.15, 0.2) is 52.5 Å². The van der Waals surface area contributed by atoms with Gasteiger partial charge in [-0.2, -0.15) is 5.26 Å². The molecule has 2 rings (SSSR count). The Balaban J connectivity index is 2.17. The molecule has 2 aromatic rings. The Hall–Kier alpha value is -2.82. The van der Waals surface area contributed by atoms with E-state index < -0.39 is 11.8 Å². The number of primary amides is 1. The molecule has 0 bridgehead atoms. The number of hydrogen-bond acceptors (Lipinski definition) is 4. The van der Waals surface area contributed by atoms with Gasteiger partial charge in [0.05, 0.1) is 4.47 Å². The average molecular weight is 435 g/mol. The van der Waals surface area contributed by atoms with Crippen LogP contribution in [0.2, 0.25) is 5.02 Å². The topological polar surface area (TPSA) is 105 Å². The highest BCUT2D eigenvalue weighted by Crippen LogP contribution is 2.27. The number of anilines is 1. The van der Waals surface area contributed by atoms with Gasteiger partial charge in [0.15, 0.2) is 6.61 Å². The molecule has 0 fully saturated rings. The number of carbonyl (C=O) groups excluding carboxylic acids is 2. The van der Waals surface area contributed by atoms with E-state index in [0.717, 1.165) is 0 Å². The maximum atomic E-state index is 12.3. The van der Waals surface area contributed by atoms with Gasteiger partial charge in [-0.05, 0) is 57.9 Å². The number of carbonyl (C=O) groups is 2. The Bertz CT molecular complexity index is 922. The van der Waals surface area contributed by atoms with Gasteiger partial charge in [0.1, 0.15) is 17.4 Å². The quantitative estimate of drug-likeness (QED) is 0.536. The number of benzene rings is 2. The Morgan fingerprint density at radius 2 is 2.08 bits per heavy atom. The van der Waals surface area contributed by atoms with Crippen LogP contribution in [0.1, 0.15) is 5.56 Å². The zero-order valence-electron chi connectivity index (χ0n) is 13.3. The second-order valence-corrected chi connectivity index (χ2v) is 6.37. The first kappa shape index (κ1) is 19.5. The predicted molar refractivity (Wildman–Crippen MR) is 103 cm³/mol. The molecule has 0 aliphatic heterocycles. The fourth-order valence-electron chi connectivity index (χ4n) is 1.95. The summed E-state index contributed by atoms with van der Waals surface area (Å²) < 4.78 is 5.78. The van der Waals surface area contributed by atoms with Gasteiger partial charge in [0, 0.05) is 10.7 Å². The summed E-state index contributed by atoms with van der Waals surface area (Å²) in [4.78, 5) is 23.0. The molecule has 3 N–H and O–H groups in total. The lowest BCUT2D eigenvalue weighted by molar-refractivity contribution is -0.120. The highest BCUT2D eigenvalue weighted by molar-refractivity contribution is 9.10. The van der Waals surface area contributed by atoms with Crippen LogP contribution < -0.4 is 15.8 Å². The molecule has 2 amide bonds. The van der Waals surface area contributed by atoms with E-state index in [0.29, 0.717) is 26.5 Å². The lowest BCUT2D eigenvalue weighted by atomic mass is 10.1. The predicted octanol–water partition coefficient (Wildman–Crippen LogP) is 3.51. The molecule has 2 aromatic carbocycles. The maximum Gasteiger partial charge on any atom is 0.266 e. The molecular weight excluding hydrogens is 422 g/mol. The fraction of sp³-hybridized carbons (Fsp3) is 0.0556. The van der Waals surface area contributed by atoms with Gasteiger partial charge in [-0.3, -0.25) is 9.59 Å². The highest BCUT2D eigenvalue weighted by Gasteiger charge is 2.11. The smallest absolute Gasteiger partial charge is 0.266 e. The van der Waals surface area contributed by atoms with Crippen molar-refractivity contribution in [2.24, 2.45) is 5.73 Å². The number of hydrogen-bond donors (Lipinski definition) is 2. The van der Waals surface area contributed by atoms with Crippen LogP contribution in [-0.2, 0) is 9.59 Å². The summed E-state index contributed by atoms with van der Waals surface area (Å²) in [7, 11) is 0. The number of nitrogens with one attached hydrogen (secondary N) is 1. The van der Waals surface area contributed by atoms with Crippen LogP contribution in [0.5, 0.6) is 5.75 Å². The summed E-state index contributed by atoms with van der Waals surface area (Å²) in [6.45, 7) is -0.251. The SMILES string of the molecule is N#C/C(=C\c1ccc(OCC(N)=O)c(Br)c1)C(=O)Nc1cccc(Cl)c1. The molecule has 0 aromatic heterocycles. The summed E-state index contributed by atoms with van der Waals surface area (Å²) in [6, 6.07) is 13.4. The van der Waals surface area contributed by atoms with Crippen LogP contribution in [0, 0.1) is 11.3 Å². The van der Waals surface area contributed by atoms with Crippen molar-refractivity contribution in [2.45, 2.75) is 0 Å². The van der Waals surface area contributed by atoms with Crippen molar-refractivity contribution < 1.29 is 14.3 Å². The molecule has 132 valence electrons. The highest BCUT2D eigenvalue weighted by atomic mass is 79.9. The molecule has 0 spiro atoms. The average Bonchev–Trinajstić information content (AvgIpc) is 2.58. The minimum Gasteiger partial charge on any atom is -0.483 e. The van der Waals surface area contributed by atoms with Crippen molar-refractivity contribution in [1.82, 2.24) is 0 Å². The number of nitrogens with two attached hydrogens (primary N) is 1. The van der Waals surface area contributed by atoms with Crippen molar-refractivity contribution in [3.05, 3.63) is 63.1 Å². The fourth-order valence-corrected chi connectivity index (χ4v) is 2.65. The number of halogens is 2. The third-order valence-corrected chi connectivity index (χ3v) is 3.94. The Labute approximate surface area is 163 Å². The molecule has 0 aliphatic carbocycles. The number of nitrogens with zero attached hydrogens (tertiary/aromatic N) is 1. The van der Waals surface area contributed by atoms with Gasteiger partial charge in [-0.25, -0.2) is 0 Å². The van der Waals surface area contributed by atoms with Crippen LogP contribution in [0.3, 0.4) is 0 Å². The van der Waals surface area contributed by atoms with E-state index >= 15 is 0 Å². The lowest BCUT2D eigenvalue weighted by Crippen LogP contribution is -2.20. The summed E-state index contributed by atoms with van der Waals surface area (Å²) in [5.74, 6) is -0.729. The maximum absolute atomic E-state index is 12.3. The van der Waals surface area contributed by atoms with Gasteiger partial charge in [-0.15, -0.1) is 0 Å². The molecule has 0 saturated heterocycles. The Kier molecular flexibility index (Phi) is 6.78. The van der Waals surface area contributed by atoms with E-state index in [4.69, 9.17) is 22.1 Å². The largest absolute Gasteiger partial charge is 0.483 e. The van der Waals surface area contributed by atoms with E-state index in [1.807, 2.05) is 6.07 Å². The Morgan fingerprint density at radius 3 is 2.69 bits per heavy atom. The van der Waals surface area contributed by atoms with E-state index in [1.165, 1.54) is 6.08 Å². The summed E-state index contributed by atoms with van der Waals surface area (Å²) in [5, 5.41) is 12.4. The first-order chi connectivity index (χ1) is 12.4. The molecule has 6 nitrogen and oxygen atoms in total. The van der Waals surface area contributed by atoms with Crippen molar-refractivity contribution >= 4 is 51.1 Å². The molecule has 8 heteroatoms. The molecule has 0 unspecified atom stereocenters. The first-order valence-corrected chi connectivity index (χ1v) is 8.45. The molecular formula is C18H13BrClN3O3. The molecule has 0 saturated carbocycles. The standard InChI is InChI=1S/C18H13BrClN3O3/c19-15-7-11(4-5-16(15)26-10-17(22)24)6-12(9-21)18(25)23-14-3-1-2-13(20)8-14/h1-8H,10H2,(H2,22,24)(H,23,25)/b12-6+. The number of ether oxygens (including phenoxy) is 1. The second kappa shape index (κ2) is 9.04. The normalized spacial score (nSPS) is 10.7. The number of rotatable bonds is 6. The third kappa shape index (κ3) is 5.62. The van der Waals surface area contributed by atoms with Crippen molar-refractivity contribution in [2.75, 3.05) is 11.9 Å². The minimum absolute atomic E-state index is 0.0809. The van der Waals surface area contributed by atoms with Gasteiger partial charge >= 0.3 is 0 Å². The zero-order chi connectivity index (χ0) is 19.1. The molecule has 0 atom stereocenters. The van der Waals surface area contributed by atoms with Crippen LogP contribution in [0.4, 0.5) is 5.69 Å². The van der Waals surface area contributed by atoms with E-state index in [9.17, 15) is 14.9 Å². The molecule has 0 aliphatic rings. The zero-order valence-corrected chi connectivity index (χ0v) is 15.7. The number of nitriles is 1. The van der Waals surface area contributed by atoms with Gasteiger partial charge in [0.2, 0.25) is 0 Å². The van der Waals surface area contributed by atoms with E-state index in [2.05, 4.69) is 21.2 Å². The van der Waals surface area contributed by atoms with Crippen molar-refractivity contribution in [1.29, 1.82) is 5.26 Å². The summed E-state index contributed by atoms with van der Waals surface area (Å²) in [5.41, 5.74) is 6.04. The molecule has 0 heterocycles. The monoisotopic (exact) mass is 433 g/mol. The second-order valence-electron chi connectivity index (χ2n) is 5.08. The van der Waals surface area contributed by atoms with E-state index in [1.54, 1.807) is 42.5 Å². The van der Waals surface area contributed by atoms with Crippen LogP contribution in [-0.4, -0.2) is 18.4 Å². The summed E-state index contributed by atoms with van der Waals surface area (Å²) >= 11 is 9.18. The molecule has 0 radical (unpaired) electrons.